The van der Waals surface area contributed by atoms with E-state index in [9.17, 15) is 0 Å². The number of aryl methyl sites for hydroxylation is 1. The fourth-order valence-corrected chi connectivity index (χ4v) is 2.63. The first kappa shape index (κ1) is 13.0. The topological polar surface area (TPSA) is 62.3 Å². The van der Waals surface area contributed by atoms with Crippen LogP contribution >= 0.6 is 0 Å². The summed E-state index contributed by atoms with van der Waals surface area (Å²) in [4.78, 5) is 0. The van der Waals surface area contributed by atoms with Gasteiger partial charge in [-0.15, -0.1) is 0 Å². The zero-order chi connectivity index (χ0) is 14.3. The molecule has 2 atom stereocenters. The van der Waals surface area contributed by atoms with Crippen LogP contribution in [0.3, 0.4) is 0 Å². The van der Waals surface area contributed by atoms with Crippen LogP contribution in [-0.4, -0.2) is 16.9 Å². The molecule has 0 spiro atoms. The van der Waals surface area contributed by atoms with E-state index in [1.54, 1.807) is 7.11 Å². The van der Waals surface area contributed by atoms with Crippen LogP contribution in [0.2, 0.25) is 0 Å². The molecule has 2 N–H and O–H groups in total. The fraction of sp³-hybridized carbons (Fsp3) is 0.400. The standard InChI is InChI=1S/C15H19N3O2/c1-9-12(8-17-18(9)2)15-7-13(16)11-6-10(19-3)4-5-14(11)20-15/h4-6,8,13,15H,7,16H2,1-3H3/t13-,15?/m1/s1. The van der Waals surface area contributed by atoms with Gasteiger partial charge in [-0.1, -0.05) is 0 Å². The summed E-state index contributed by atoms with van der Waals surface area (Å²) in [5.74, 6) is 1.64. The summed E-state index contributed by atoms with van der Waals surface area (Å²) in [6.45, 7) is 2.04. The van der Waals surface area contributed by atoms with Gasteiger partial charge in [0.2, 0.25) is 0 Å². The first-order valence-electron chi connectivity index (χ1n) is 6.69. The number of benzene rings is 1. The molecule has 1 unspecified atom stereocenters. The highest BCUT2D eigenvalue weighted by molar-refractivity contribution is 5.44. The average Bonchev–Trinajstić information content (AvgIpc) is 2.78. The second kappa shape index (κ2) is 4.83. The summed E-state index contributed by atoms with van der Waals surface area (Å²) in [5.41, 5.74) is 9.51. The Labute approximate surface area is 118 Å². The molecule has 5 heteroatoms. The molecule has 3 rings (SSSR count). The van der Waals surface area contributed by atoms with Crippen molar-refractivity contribution in [2.24, 2.45) is 12.8 Å². The maximum Gasteiger partial charge on any atom is 0.129 e. The quantitative estimate of drug-likeness (QED) is 0.911. The molecule has 20 heavy (non-hydrogen) atoms. The second-order valence-corrected chi connectivity index (χ2v) is 5.16. The lowest BCUT2D eigenvalue weighted by molar-refractivity contribution is 0.160. The molecule has 1 aliphatic rings. The van der Waals surface area contributed by atoms with Crippen LogP contribution in [0.5, 0.6) is 11.5 Å². The molecule has 0 bridgehead atoms. The summed E-state index contributed by atoms with van der Waals surface area (Å²) in [6, 6.07) is 5.71. The van der Waals surface area contributed by atoms with Crippen molar-refractivity contribution >= 4 is 0 Å². The number of hydrogen-bond acceptors (Lipinski definition) is 4. The van der Waals surface area contributed by atoms with E-state index in [2.05, 4.69) is 5.10 Å². The van der Waals surface area contributed by atoms with Gasteiger partial charge in [0, 0.05) is 36.3 Å². The molecule has 0 aliphatic carbocycles. The van der Waals surface area contributed by atoms with Gasteiger partial charge < -0.3 is 15.2 Å². The van der Waals surface area contributed by atoms with Gasteiger partial charge >= 0.3 is 0 Å². The molecule has 2 aromatic rings. The van der Waals surface area contributed by atoms with Gasteiger partial charge in [0.25, 0.3) is 0 Å². The van der Waals surface area contributed by atoms with E-state index in [0.717, 1.165) is 34.7 Å². The minimum Gasteiger partial charge on any atom is -0.497 e. The Morgan fingerprint density at radius 2 is 2.20 bits per heavy atom. The number of ether oxygens (including phenoxy) is 2. The monoisotopic (exact) mass is 273 g/mol. The molecule has 0 fully saturated rings. The third-order valence-electron chi connectivity index (χ3n) is 3.97. The van der Waals surface area contributed by atoms with Crippen LogP contribution < -0.4 is 15.2 Å². The summed E-state index contributed by atoms with van der Waals surface area (Å²) >= 11 is 0. The fourth-order valence-electron chi connectivity index (χ4n) is 2.63. The van der Waals surface area contributed by atoms with E-state index in [0.29, 0.717) is 0 Å². The Morgan fingerprint density at radius 3 is 2.85 bits per heavy atom. The summed E-state index contributed by atoms with van der Waals surface area (Å²) in [5, 5.41) is 4.28. The molecule has 5 nitrogen and oxygen atoms in total. The van der Waals surface area contributed by atoms with E-state index in [1.165, 1.54) is 0 Å². The van der Waals surface area contributed by atoms with Crippen molar-refractivity contribution in [1.29, 1.82) is 0 Å². The second-order valence-electron chi connectivity index (χ2n) is 5.16. The maximum absolute atomic E-state index is 6.29. The first-order valence-corrected chi connectivity index (χ1v) is 6.69. The van der Waals surface area contributed by atoms with Gasteiger partial charge in [-0.2, -0.15) is 5.10 Å². The Bertz CT molecular complexity index is 636. The lowest BCUT2D eigenvalue weighted by Crippen LogP contribution is -2.24. The van der Waals surface area contributed by atoms with Gasteiger partial charge in [0.1, 0.15) is 17.6 Å². The number of hydrogen-bond donors (Lipinski definition) is 1. The van der Waals surface area contributed by atoms with Crippen molar-refractivity contribution < 1.29 is 9.47 Å². The van der Waals surface area contributed by atoms with E-state index in [1.807, 2.05) is 43.0 Å². The van der Waals surface area contributed by atoms with Crippen molar-refractivity contribution in [3.05, 3.63) is 41.2 Å². The van der Waals surface area contributed by atoms with Crippen LogP contribution in [0, 0.1) is 6.92 Å². The number of fused-ring (bicyclic) bond motifs is 1. The van der Waals surface area contributed by atoms with Gasteiger partial charge in [0.05, 0.1) is 13.3 Å². The maximum atomic E-state index is 6.29. The Morgan fingerprint density at radius 1 is 1.40 bits per heavy atom. The van der Waals surface area contributed by atoms with Crippen LogP contribution in [0.4, 0.5) is 0 Å². The third kappa shape index (κ3) is 2.04. The van der Waals surface area contributed by atoms with E-state index in [-0.39, 0.29) is 12.1 Å². The SMILES string of the molecule is COc1ccc2c(c1)[C@H](N)CC(c1cnn(C)c1C)O2. The molecular formula is C15H19N3O2. The Balaban J connectivity index is 1.95. The van der Waals surface area contributed by atoms with Crippen LogP contribution in [0.25, 0.3) is 0 Å². The van der Waals surface area contributed by atoms with Gasteiger partial charge in [0.15, 0.2) is 0 Å². The van der Waals surface area contributed by atoms with Gasteiger partial charge in [-0.25, -0.2) is 0 Å². The highest BCUT2D eigenvalue weighted by Gasteiger charge is 2.29. The first-order chi connectivity index (χ1) is 9.60. The smallest absolute Gasteiger partial charge is 0.129 e. The molecule has 2 heterocycles. The molecule has 1 aliphatic heterocycles. The number of aromatic nitrogens is 2. The zero-order valence-corrected chi connectivity index (χ0v) is 12.0. The molecular weight excluding hydrogens is 254 g/mol. The van der Waals surface area contributed by atoms with Crippen molar-refractivity contribution in [3.8, 4) is 11.5 Å². The van der Waals surface area contributed by atoms with Crippen molar-refractivity contribution in [1.82, 2.24) is 9.78 Å². The van der Waals surface area contributed by atoms with E-state index < -0.39 is 0 Å². The van der Waals surface area contributed by atoms with Gasteiger partial charge in [-0.3, -0.25) is 4.68 Å². The Kier molecular flexibility index (Phi) is 3.14. The lowest BCUT2D eigenvalue weighted by atomic mass is 9.94. The number of nitrogens with zero attached hydrogens (tertiary/aromatic N) is 2. The average molecular weight is 273 g/mol. The normalized spacial score (nSPS) is 21.2. The number of methoxy groups -OCH3 is 1. The van der Waals surface area contributed by atoms with Crippen molar-refractivity contribution in [2.45, 2.75) is 25.5 Å². The van der Waals surface area contributed by atoms with Crippen LogP contribution in [0.15, 0.2) is 24.4 Å². The predicted octanol–water partition coefficient (Wildman–Crippen LogP) is 2.26. The van der Waals surface area contributed by atoms with E-state index in [4.69, 9.17) is 15.2 Å². The number of rotatable bonds is 2. The van der Waals surface area contributed by atoms with Gasteiger partial charge in [-0.05, 0) is 25.1 Å². The zero-order valence-electron chi connectivity index (χ0n) is 12.0. The minimum atomic E-state index is -0.0570. The minimum absolute atomic E-state index is 0.0420. The molecule has 0 amide bonds. The molecule has 1 aromatic heterocycles. The third-order valence-corrected chi connectivity index (χ3v) is 3.97. The highest BCUT2D eigenvalue weighted by Crippen LogP contribution is 2.41. The van der Waals surface area contributed by atoms with Crippen LogP contribution in [-0.2, 0) is 7.05 Å². The summed E-state index contributed by atoms with van der Waals surface area (Å²) < 4.78 is 13.2. The predicted molar refractivity (Wildman–Crippen MR) is 75.9 cm³/mol. The highest BCUT2D eigenvalue weighted by atomic mass is 16.5. The van der Waals surface area contributed by atoms with Crippen LogP contribution in [0.1, 0.15) is 35.4 Å². The molecule has 106 valence electrons. The molecule has 0 saturated heterocycles. The lowest BCUT2D eigenvalue weighted by Gasteiger charge is -2.30. The molecule has 1 aromatic carbocycles. The van der Waals surface area contributed by atoms with Crippen molar-refractivity contribution in [3.63, 3.8) is 0 Å². The molecule has 0 saturated carbocycles. The largest absolute Gasteiger partial charge is 0.497 e. The van der Waals surface area contributed by atoms with E-state index >= 15 is 0 Å². The Hall–Kier alpha value is -2.01. The molecule has 0 radical (unpaired) electrons. The summed E-state index contributed by atoms with van der Waals surface area (Å²) in [7, 11) is 3.58. The van der Waals surface area contributed by atoms with Crippen molar-refractivity contribution in [2.75, 3.05) is 7.11 Å². The summed E-state index contributed by atoms with van der Waals surface area (Å²) in [6.07, 6.45) is 2.56. The number of nitrogens with two attached hydrogens (primary N) is 1.